The first-order chi connectivity index (χ1) is 12.1. The maximum atomic E-state index is 12.5. The second-order valence-electron chi connectivity index (χ2n) is 5.96. The van der Waals surface area contributed by atoms with Gasteiger partial charge in [-0.1, -0.05) is 30.3 Å². The third-order valence-electron chi connectivity index (χ3n) is 4.25. The lowest BCUT2D eigenvalue weighted by atomic mass is 10.1. The molecule has 0 bridgehead atoms. The molecule has 128 valence electrons. The first-order valence-electron chi connectivity index (χ1n) is 8.03. The molecular formula is C17H17N5O2S. The Morgan fingerprint density at radius 1 is 1.08 bits per heavy atom. The van der Waals surface area contributed by atoms with Crippen LogP contribution >= 0.6 is 0 Å². The molecule has 3 aromatic rings. The lowest BCUT2D eigenvalue weighted by molar-refractivity contribution is 0.423. The Balaban J connectivity index is 1.58. The van der Waals surface area contributed by atoms with E-state index in [-0.39, 0.29) is 10.9 Å². The van der Waals surface area contributed by atoms with Gasteiger partial charge in [0.15, 0.2) is 5.82 Å². The standard InChI is InChI=1S/C17H17N5O2S/c23-25(24,15-7-4-10-18-11-15)21-14-8-9-16-19-20-17(22(16)12-14)13-5-2-1-3-6-13/h1-7,10-11,14,21H,8-9,12H2. The van der Waals surface area contributed by atoms with E-state index in [4.69, 9.17) is 0 Å². The van der Waals surface area contributed by atoms with Gasteiger partial charge in [0.1, 0.15) is 10.7 Å². The van der Waals surface area contributed by atoms with Crippen LogP contribution in [0.15, 0.2) is 59.8 Å². The highest BCUT2D eigenvalue weighted by atomic mass is 32.2. The van der Waals surface area contributed by atoms with Crippen LogP contribution in [0.25, 0.3) is 11.4 Å². The molecule has 0 saturated carbocycles. The molecule has 0 fully saturated rings. The zero-order valence-corrected chi connectivity index (χ0v) is 14.2. The predicted molar refractivity (Wildman–Crippen MR) is 92.1 cm³/mol. The number of aryl methyl sites for hydroxylation is 1. The second-order valence-corrected chi connectivity index (χ2v) is 7.68. The van der Waals surface area contributed by atoms with Crippen LogP contribution in [0, 0.1) is 0 Å². The molecule has 0 spiro atoms. The minimum atomic E-state index is -3.59. The Kier molecular flexibility index (Phi) is 4.06. The molecule has 4 rings (SSSR count). The van der Waals surface area contributed by atoms with E-state index in [1.165, 1.54) is 12.3 Å². The monoisotopic (exact) mass is 355 g/mol. The zero-order valence-electron chi connectivity index (χ0n) is 13.4. The van der Waals surface area contributed by atoms with Crippen LogP contribution in [0.2, 0.25) is 0 Å². The average molecular weight is 355 g/mol. The van der Waals surface area contributed by atoms with Gasteiger partial charge in [-0.15, -0.1) is 10.2 Å². The van der Waals surface area contributed by atoms with Gasteiger partial charge in [0.2, 0.25) is 10.0 Å². The molecule has 25 heavy (non-hydrogen) atoms. The zero-order chi connectivity index (χ0) is 17.3. The van der Waals surface area contributed by atoms with Crippen LogP contribution in [0.1, 0.15) is 12.2 Å². The number of benzene rings is 1. The van der Waals surface area contributed by atoms with E-state index in [0.29, 0.717) is 19.4 Å². The first kappa shape index (κ1) is 15.9. The number of nitrogens with one attached hydrogen (secondary N) is 1. The Bertz CT molecular complexity index is 971. The summed E-state index contributed by atoms with van der Waals surface area (Å²) in [6.07, 6.45) is 4.27. The van der Waals surface area contributed by atoms with Crippen molar-refractivity contribution in [1.29, 1.82) is 0 Å². The summed E-state index contributed by atoms with van der Waals surface area (Å²) in [6.45, 7) is 0.506. The van der Waals surface area contributed by atoms with Gasteiger partial charge >= 0.3 is 0 Å². The number of sulfonamides is 1. The van der Waals surface area contributed by atoms with E-state index in [9.17, 15) is 8.42 Å². The Morgan fingerprint density at radius 2 is 1.92 bits per heavy atom. The van der Waals surface area contributed by atoms with Crippen LogP contribution < -0.4 is 4.72 Å². The summed E-state index contributed by atoms with van der Waals surface area (Å²) in [5, 5.41) is 8.53. The van der Waals surface area contributed by atoms with E-state index >= 15 is 0 Å². The molecule has 8 heteroatoms. The Hall–Kier alpha value is -2.58. The minimum Gasteiger partial charge on any atom is -0.309 e. The van der Waals surface area contributed by atoms with Crippen molar-refractivity contribution in [1.82, 2.24) is 24.5 Å². The van der Waals surface area contributed by atoms with Gasteiger partial charge < -0.3 is 4.57 Å². The van der Waals surface area contributed by atoms with Crippen molar-refractivity contribution in [3.8, 4) is 11.4 Å². The van der Waals surface area contributed by atoms with Gasteiger partial charge in [-0.05, 0) is 18.6 Å². The average Bonchev–Trinajstić information content (AvgIpc) is 3.06. The molecule has 2 aromatic heterocycles. The number of nitrogens with zero attached hydrogens (tertiary/aromatic N) is 4. The molecule has 1 aliphatic heterocycles. The molecule has 1 N–H and O–H groups in total. The fourth-order valence-corrected chi connectivity index (χ4v) is 4.24. The Labute approximate surface area is 145 Å². The normalized spacial score (nSPS) is 17.2. The second kappa shape index (κ2) is 6.38. The van der Waals surface area contributed by atoms with Gasteiger partial charge in [-0.2, -0.15) is 0 Å². The molecule has 0 radical (unpaired) electrons. The van der Waals surface area contributed by atoms with Gasteiger partial charge in [0.05, 0.1) is 0 Å². The van der Waals surface area contributed by atoms with Crippen molar-refractivity contribution < 1.29 is 8.42 Å². The van der Waals surface area contributed by atoms with Gasteiger partial charge in [-0.25, -0.2) is 13.1 Å². The van der Waals surface area contributed by atoms with Gasteiger partial charge in [0.25, 0.3) is 0 Å². The number of aromatic nitrogens is 4. The third-order valence-corrected chi connectivity index (χ3v) is 5.75. The molecule has 1 unspecified atom stereocenters. The summed E-state index contributed by atoms with van der Waals surface area (Å²) in [4.78, 5) is 4.06. The van der Waals surface area contributed by atoms with Crippen molar-refractivity contribution in [3.05, 3.63) is 60.7 Å². The van der Waals surface area contributed by atoms with Crippen molar-refractivity contribution in [2.75, 3.05) is 0 Å². The summed E-state index contributed by atoms with van der Waals surface area (Å²) in [6, 6.07) is 12.7. The molecule has 0 amide bonds. The summed E-state index contributed by atoms with van der Waals surface area (Å²) in [7, 11) is -3.59. The number of rotatable bonds is 4. The minimum absolute atomic E-state index is 0.174. The van der Waals surface area contributed by atoms with E-state index in [1.54, 1.807) is 12.3 Å². The topological polar surface area (TPSA) is 89.8 Å². The third kappa shape index (κ3) is 3.18. The Morgan fingerprint density at radius 3 is 2.68 bits per heavy atom. The highest BCUT2D eigenvalue weighted by Gasteiger charge is 2.27. The number of fused-ring (bicyclic) bond motifs is 1. The maximum absolute atomic E-state index is 12.5. The number of hydrogen-bond donors (Lipinski definition) is 1. The molecular weight excluding hydrogens is 338 g/mol. The summed E-state index contributed by atoms with van der Waals surface area (Å²) < 4.78 is 29.8. The maximum Gasteiger partial charge on any atom is 0.242 e. The summed E-state index contributed by atoms with van der Waals surface area (Å²) in [5.74, 6) is 1.65. The fraction of sp³-hybridized carbons (Fsp3) is 0.235. The van der Waals surface area contributed by atoms with E-state index in [1.807, 2.05) is 34.9 Å². The smallest absolute Gasteiger partial charge is 0.242 e. The lowest BCUT2D eigenvalue weighted by Crippen LogP contribution is -2.41. The predicted octanol–water partition coefficient (Wildman–Crippen LogP) is 1.63. The molecule has 1 aromatic carbocycles. The highest BCUT2D eigenvalue weighted by molar-refractivity contribution is 7.89. The van der Waals surface area contributed by atoms with Crippen molar-refractivity contribution >= 4 is 10.0 Å². The lowest BCUT2D eigenvalue weighted by Gasteiger charge is -2.25. The molecule has 7 nitrogen and oxygen atoms in total. The van der Waals surface area contributed by atoms with Crippen LogP contribution in [0.5, 0.6) is 0 Å². The molecule has 1 atom stereocenters. The van der Waals surface area contributed by atoms with E-state index in [0.717, 1.165) is 17.2 Å². The van der Waals surface area contributed by atoms with Crippen molar-refractivity contribution in [3.63, 3.8) is 0 Å². The quantitative estimate of drug-likeness (QED) is 0.768. The SMILES string of the molecule is O=S(=O)(NC1CCc2nnc(-c3ccccc3)n2C1)c1cccnc1. The molecule has 3 heterocycles. The van der Waals surface area contributed by atoms with Crippen molar-refractivity contribution in [2.24, 2.45) is 0 Å². The van der Waals surface area contributed by atoms with Crippen LogP contribution in [-0.4, -0.2) is 34.2 Å². The van der Waals surface area contributed by atoms with Gasteiger partial charge in [0, 0.05) is 37.0 Å². The first-order valence-corrected chi connectivity index (χ1v) is 9.52. The summed E-state index contributed by atoms with van der Waals surface area (Å²) in [5.41, 5.74) is 0.969. The number of pyridine rings is 1. The van der Waals surface area contributed by atoms with Crippen LogP contribution in [0.4, 0.5) is 0 Å². The molecule has 0 aliphatic carbocycles. The number of hydrogen-bond acceptors (Lipinski definition) is 5. The van der Waals surface area contributed by atoms with Gasteiger partial charge in [-0.3, -0.25) is 4.98 Å². The van der Waals surface area contributed by atoms with E-state index < -0.39 is 10.0 Å². The van der Waals surface area contributed by atoms with E-state index in [2.05, 4.69) is 19.9 Å². The molecule has 0 saturated heterocycles. The van der Waals surface area contributed by atoms with Crippen molar-refractivity contribution in [2.45, 2.75) is 30.3 Å². The summed E-state index contributed by atoms with van der Waals surface area (Å²) >= 11 is 0. The fourth-order valence-electron chi connectivity index (χ4n) is 3.02. The van der Waals surface area contributed by atoms with Crippen LogP contribution in [-0.2, 0) is 23.0 Å². The van der Waals surface area contributed by atoms with Crippen LogP contribution in [0.3, 0.4) is 0 Å². The molecule has 1 aliphatic rings. The highest BCUT2D eigenvalue weighted by Crippen LogP contribution is 2.23. The largest absolute Gasteiger partial charge is 0.309 e.